The minimum absolute atomic E-state index is 0.0835. The molecular formula is C27H26FNO4S. The Kier molecular flexibility index (Phi) is 6.00. The maximum atomic E-state index is 13.7. The van der Waals surface area contributed by atoms with E-state index in [4.69, 9.17) is 4.74 Å². The average molecular weight is 480 g/mol. The van der Waals surface area contributed by atoms with Crippen LogP contribution in [-0.4, -0.2) is 38.7 Å². The SMILES string of the molecule is CS(=O)(=O)c1ccc(-c2ccc(F)cc2)c(C(=O)N2Cc3ccc(C4CCOCC4)cc3C2)c1. The number of hydrogen-bond donors (Lipinski definition) is 0. The topological polar surface area (TPSA) is 63.7 Å². The van der Waals surface area contributed by atoms with Gasteiger partial charge in [0.05, 0.1) is 4.90 Å². The van der Waals surface area contributed by atoms with Gasteiger partial charge < -0.3 is 9.64 Å². The number of carbonyl (C=O) groups is 1. The molecule has 0 N–H and O–H groups in total. The third-order valence-electron chi connectivity index (χ3n) is 6.74. The quantitative estimate of drug-likeness (QED) is 0.531. The maximum Gasteiger partial charge on any atom is 0.255 e. The van der Waals surface area contributed by atoms with Crippen molar-refractivity contribution in [3.05, 3.63) is 88.7 Å². The Labute approximate surface area is 199 Å². The highest BCUT2D eigenvalue weighted by Crippen LogP contribution is 2.34. The summed E-state index contributed by atoms with van der Waals surface area (Å²) in [5.41, 5.74) is 5.04. The Balaban J connectivity index is 1.47. The number of carbonyl (C=O) groups excluding carboxylic acids is 1. The molecule has 5 nitrogen and oxygen atoms in total. The maximum absolute atomic E-state index is 13.7. The van der Waals surface area contributed by atoms with Gasteiger partial charge in [-0.15, -0.1) is 0 Å². The van der Waals surface area contributed by atoms with E-state index in [0.717, 1.165) is 43.4 Å². The predicted octanol–water partition coefficient (Wildman–Crippen LogP) is 4.95. The largest absolute Gasteiger partial charge is 0.381 e. The van der Waals surface area contributed by atoms with Crippen molar-refractivity contribution in [2.75, 3.05) is 19.5 Å². The van der Waals surface area contributed by atoms with Gasteiger partial charge >= 0.3 is 0 Å². The predicted molar refractivity (Wildman–Crippen MR) is 128 cm³/mol. The molecule has 2 aliphatic rings. The first-order chi connectivity index (χ1) is 16.3. The summed E-state index contributed by atoms with van der Waals surface area (Å²) in [5, 5.41) is 0. The Morgan fingerprint density at radius 1 is 0.941 bits per heavy atom. The normalized spacial score (nSPS) is 16.5. The summed E-state index contributed by atoms with van der Waals surface area (Å²) in [5.74, 6) is -0.145. The van der Waals surface area contributed by atoms with Gasteiger partial charge in [-0.2, -0.15) is 0 Å². The fourth-order valence-electron chi connectivity index (χ4n) is 4.83. The number of fused-ring (bicyclic) bond motifs is 1. The number of sulfone groups is 1. The second-order valence-corrected chi connectivity index (χ2v) is 11.1. The van der Waals surface area contributed by atoms with E-state index in [0.29, 0.717) is 35.7 Å². The van der Waals surface area contributed by atoms with E-state index in [9.17, 15) is 17.6 Å². The van der Waals surface area contributed by atoms with Gasteiger partial charge in [0.1, 0.15) is 5.82 Å². The van der Waals surface area contributed by atoms with Crippen LogP contribution in [0.25, 0.3) is 11.1 Å². The molecule has 34 heavy (non-hydrogen) atoms. The molecule has 0 spiro atoms. The summed E-state index contributed by atoms with van der Waals surface area (Å²) in [4.78, 5) is 15.5. The van der Waals surface area contributed by atoms with Crippen molar-refractivity contribution >= 4 is 15.7 Å². The molecule has 3 aromatic rings. The third kappa shape index (κ3) is 4.50. The van der Waals surface area contributed by atoms with Crippen molar-refractivity contribution < 1.29 is 22.3 Å². The highest BCUT2D eigenvalue weighted by atomic mass is 32.2. The minimum Gasteiger partial charge on any atom is -0.381 e. The van der Waals surface area contributed by atoms with Crippen LogP contribution in [0.5, 0.6) is 0 Å². The molecule has 0 saturated carbocycles. The molecule has 0 bridgehead atoms. The van der Waals surface area contributed by atoms with Crippen molar-refractivity contribution in [2.45, 2.75) is 36.7 Å². The van der Waals surface area contributed by atoms with Crippen LogP contribution in [0.1, 0.15) is 45.8 Å². The van der Waals surface area contributed by atoms with Crippen LogP contribution in [0.15, 0.2) is 65.6 Å². The first kappa shape index (κ1) is 22.7. The molecule has 1 saturated heterocycles. The first-order valence-electron chi connectivity index (χ1n) is 11.4. The lowest BCUT2D eigenvalue weighted by molar-refractivity contribution is 0.0752. The fraction of sp³-hybridized carbons (Fsp3) is 0.296. The first-order valence-corrected chi connectivity index (χ1v) is 13.3. The Bertz CT molecular complexity index is 1350. The Hall–Kier alpha value is -3.03. The average Bonchev–Trinajstić information content (AvgIpc) is 3.27. The lowest BCUT2D eigenvalue weighted by Crippen LogP contribution is -2.26. The van der Waals surface area contributed by atoms with Crippen molar-refractivity contribution in [3.8, 4) is 11.1 Å². The fourth-order valence-corrected chi connectivity index (χ4v) is 5.47. The molecule has 3 aromatic carbocycles. The summed E-state index contributed by atoms with van der Waals surface area (Å²) in [6.45, 7) is 2.48. The van der Waals surface area contributed by atoms with E-state index in [1.165, 1.54) is 29.8 Å². The molecular weight excluding hydrogens is 453 g/mol. The van der Waals surface area contributed by atoms with E-state index >= 15 is 0 Å². The van der Waals surface area contributed by atoms with E-state index in [1.807, 2.05) is 0 Å². The lowest BCUT2D eigenvalue weighted by atomic mass is 9.90. The molecule has 5 rings (SSSR count). The lowest BCUT2D eigenvalue weighted by Gasteiger charge is -2.22. The summed E-state index contributed by atoms with van der Waals surface area (Å²) >= 11 is 0. The molecule has 176 valence electrons. The van der Waals surface area contributed by atoms with Gasteiger partial charge in [-0.1, -0.05) is 36.4 Å². The van der Waals surface area contributed by atoms with E-state index in [-0.39, 0.29) is 16.6 Å². The van der Waals surface area contributed by atoms with Crippen molar-refractivity contribution in [2.24, 2.45) is 0 Å². The second kappa shape index (κ2) is 8.96. The number of nitrogens with zero attached hydrogens (tertiary/aromatic N) is 1. The third-order valence-corrected chi connectivity index (χ3v) is 7.85. The zero-order valence-electron chi connectivity index (χ0n) is 19.0. The number of hydrogen-bond acceptors (Lipinski definition) is 4. The van der Waals surface area contributed by atoms with Gasteiger partial charge in [-0.25, -0.2) is 12.8 Å². The Morgan fingerprint density at radius 2 is 1.65 bits per heavy atom. The molecule has 1 amide bonds. The van der Waals surface area contributed by atoms with E-state index in [1.54, 1.807) is 23.1 Å². The van der Waals surface area contributed by atoms with Gasteiger partial charge in [0.15, 0.2) is 9.84 Å². The standard InChI is InChI=1S/C27H26FNO4S/c1-34(31,32)24-8-9-25(19-4-6-23(28)7-5-19)26(15-24)27(30)29-16-21-3-2-20(14-22(21)17-29)18-10-12-33-13-11-18/h2-9,14-15,18H,10-13,16-17H2,1H3. The minimum atomic E-state index is -3.50. The van der Waals surface area contributed by atoms with E-state index in [2.05, 4.69) is 18.2 Å². The van der Waals surface area contributed by atoms with Crippen LogP contribution in [-0.2, 0) is 27.7 Å². The molecule has 2 heterocycles. The summed E-state index contributed by atoms with van der Waals surface area (Å²) < 4.78 is 43.4. The van der Waals surface area contributed by atoms with Gasteiger partial charge in [-0.3, -0.25) is 4.79 Å². The van der Waals surface area contributed by atoms with Gasteiger partial charge in [0.2, 0.25) is 0 Å². The molecule has 7 heteroatoms. The summed E-state index contributed by atoms with van der Waals surface area (Å²) in [6, 6.07) is 16.9. The summed E-state index contributed by atoms with van der Waals surface area (Å²) in [7, 11) is -3.50. The van der Waals surface area contributed by atoms with Crippen LogP contribution >= 0.6 is 0 Å². The highest BCUT2D eigenvalue weighted by Gasteiger charge is 2.28. The number of halogens is 1. The molecule has 0 aliphatic carbocycles. The molecule has 1 fully saturated rings. The summed E-state index contributed by atoms with van der Waals surface area (Å²) in [6.07, 6.45) is 3.12. The van der Waals surface area contributed by atoms with Crippen LogP contribution < -0.4 is 0 Å². The van der Waals surface area contributed by atoms with Crippen LogP contribution in [0.3, 0.4) is 0 Å². The smallest absolute Gasteiger partial charge is 0.255 e. The Morgan fingerprint density at radius 3 is 2.35 bits per heavy atom. The molecule has 2 aliphatic heterocycles. The second-order valence-electron chi connectivity index (χ2n) is 9.06. The van der Waals surface area contributed by atoms with Crippen LogP contribution in [0.4, 0.5) is 4.39 Å². The number of ether oxygens (including phenoxy) is 1. The molecule has 0 atom stereocenters. The van der Waals surface area contributed by atoms with Gasteiger partial charge in [-0.05, 0) is 70.8 Å². The molecule has 0 unspecified atom stereocenters. The van der Waals surface area contributed by atoms with Gasteiger partial charge in [0, 0.05) is 38.1 Å². The van der Waals surface area contributed by atoms with Crippen molar-refractivity contribution in [1.29, 1.82) is 0 Å². The molecule has 0 aromatic heterocycles. The highest BCUT2D eigenvalue weighted by molar-refractivity contribution is 7.90. The van der Waals surface area contributed by atoms with Crippen LogP contribution in [0.2, 0.25) is 0 Å². The van der Waals surface area contributed by atoms with Gasteiger partial charge in [0.25, 0.3) is 5.91 Å². The van der Waals surface area contributed by atoms with Crippen LogP contribution in [0, 0.1) is 5.82 Å². The van der Waals surface area contributed by atoms with Crippen molar-refractivity contribution in [1.82, 2.24) is 4.90 Å². The van der Waals surface area contributed by atoms with Crippen molar-refractivity contribution in [3.63, 3.8) is 0 Å². The zero-order chi connectivity index (χ0) is 23.9. The number of rotatable bonds is 4. The monoisotopic (exact) mass is 479 g/mol. The number of amides is 1. The van der Waals surface area contributed by atoms with E-state index < -0.39 is 9.84 Å². The number of benzene rings is 3. The zero-order valence-corrected chi connectivity index (χ0v) is 19.8. The molecule has 0 radical (unpaired) electrons.